The second-order valence-corrected chi connectivity index (χ2v) is 7.78. The maximum Gasteiger partial charge on any atom is 0.278 e. The molecule has 31 heavy (non-hydrogen) atoms. The van der Waals surface area contributed by atoms with Gasteiger partial charge in [-0.25, -0.2) is 4.68 Å². The minimum absolute atomic E-state index is 0.0304. The molecular weight excluding hydrogens is 416 g/mol. The van der Waals surface area contributed by atoms with Gasteiger partial charge in [0, 0.05) is 35.4 Å². The molecule has 0 unspecified atom stereocenters. The Morgan fingerprint density at radius 2 is 1.94 bits per heavy atom. The number of fused-ring (bicyclic) bond motifs is 1. The molecule has 0 atom stereocenters. The van der Waals surface area contributed by atoms with E-state index in [-0.39, 0.29) is 36.0 Å². The van der Waals surface area contributed by atoms with Crippen molar-refractivity contribution in [2.75, 3.05) is 16.8 Å². The zero-order chi connectivity index (χ0) is 22.0. The van der Waals surface area contributed by atoms with Crippen LogP contribution in [0, 0.1) is 6.92 Å². The summed E-state index contributed by atoms with van der Waals surface area (Å²) < 4.78 is 1.15. The number of nitrogens with one attached hydrogen (secondary N) is 1. The Morgan fingerprint density at radius 3 is 2.74 bits per heavy atom. The Bertz CT molecular complexity index is 1220. The number of amides is 2. The lowest BCUT2D eigenvalue weighted by molar-refractivity contribution is -0.116. The van der Waals surface area contributed by atoms with Crippen LogP contribution in [0.15, 0.2) is 59.4 Å². The lowest BCUT2D eigenvalue weighted by atomic mass is 10.2. The molecule has 1 aromatic heterocycles. The predicted molar refractivity (Wildman–Crippen MR) is 120 cm³/mol. The van der Waals surface area contributed by atoms with E-state index in [9.17, 15) is 14.4 Å². The van der Waals surface area contributed by atoms with Crippen LogP contribution in [0.2, 0.25) is 5.02 Å². The lowest BCUT2D eigenvalue weighted by Crippen LogP contribution is -2.33. The fraction of sp³-hybridized carbons (Fsp3) is 0.217. The molecule has 2 aromatic carbocycles. The Labute approximate surface area is 184 Å². The zero-order valence-electron chi connectivity index (χ0n) is 17.0. The van der Waals surface area contributed by atoms with Gasteiger partial charge in [0.05, 0.1) is 6.54 Å². The van der Waals surface area contributed by atoms with Gasteiger partial charge in [0.2, 0.25) is 5.91 Å². The summed E-state index contributed by atoms with van der Waals surface area (Å²) in [6.45, 7) is 2.50. The largest absolute Gasteiger partial charge is 0.326 e. The highest BCUT2D eigenvalue weighted by molar-refractivity contribution is 6.31. The van der Waals surface area contributed by atoms with Crippen molar-refractivity contribution in [3.63, 3.8) is 0 Å². The van der Waals surface area contributed by atoms with Gasteiger partial charge >= 0.3 is 0 Å². The molecule has 0 fully saturated rings. The van der Waals surface area contributed by atoms with Crippen molar-refractivity contribution in [3.8, 4) is 0 Å². The van der Waals surface area contributed by atoms with Gasteiger partial charge in [0.1, 0.15) is 5.69 Å². The van der Waals surface area contributed by atoms with Crippen LogP contribution in [0.25, 0.3) is 0 Å². The smallest absolute Gasteiger partial charge is 0.278 e. The number of rotatable bonds is 5. The highest BCUT2D eigenvalue weighted by Crippen LogP contribution is 2.28. The van der Waals surface area contributed by atoms with E-state index in [2.05, 4.69) is 10.4 Å². The third-order valence-electron chi connectivity index (χ3n) is 5.22. The number of para-hydroxylation sites is 1. The first kappa shape index (κ1) is 20.8. The summed E-state index contributed by atoms with van der Waals surface area (Å²) in [5, 5.41) is 7.52. The van der Waals surface area contributed by atoms with Gasteiger partial charge in [-0.3, -0.25) is 14.4 Å². The first-order chi connectivity index (χ1) is 14.9. The van der Waals surface area contributed by atoms with E-state index >= 15 is 0 Å². The van der Waals surface area contributed by atoms with Crippen molar-refractivity contribution in [2.24, 2.45) is 0 Å². The maximum atomic E-state index is 13.0. The van der Waals surface area contributed by atoms with Crippen molar-refractivity contribution < 1.29 is 9.59 Å². The summed E-state index contributed by atoms with van der Waals surface area (Å²) in [5.74, 6) is -0.545. The van der Waals surface area contributed by atoms with Crippen molar-refractivity contribution >= 4 is 34.8 Å². The number of benzene rings is 2. The third-order valence-corrected chi connectivity index (χ3v) is 5.63. The quantitative estimate of drug-likeness (QED) is 0.664. The molecule has 1 N–H and O–H groups in total. The van der Waals surface area contributed by atoms with Crippen molar-refractivity contribution in [1.29, 1.82) is 0 Å². The Morgan fingerprint density at radius 1 is 1.13 bits per heavy atom. The topological polar surface area (TPSA) is 84.3 Å². The van der Waals surface area contributed by atoms with Gasteiger partial charge in [0.15, 0.2) is 0 Å². The summed E-state index contributed by atoms with van der Waals surface area (Å²) in [5.41, 5.74) is 3.27. The molecule has 2 amide bonds. The number of hydrogen-bond acceptors (Lipinski definition) is 4. The van der Waals surface area contributed by atoms with Crippen LogP contribution < -0.4 is 15.8 Å². The number of nitrogens with zero attached hydrogens (tertiary/aromatic N) is 3. The highest BCUT2D eigenvalue weighted by atomic mass is 35.5. The van der Waals surface area contributed by atoms with Crippen LogP contribution >= 0.6 is 11.6 Å². The number of halogens is 1. The van der Waals surface area contributed by atoms with E-state index < -0.39 is 0 Å². The predicted octanol–water partition coefficient (Wildman–Crippen LogP) is 3.44. The van der Waals surface area contributed by atoms with Gasteiger partial charge in [-0.2, -0.15) is 5.10 Å². The van der Waals surface area contributed by atoms with Gasteiger partial charge < -0.3 is 10.2 Å². The van der Waals surface area contributed by atoms with Gasteiger partial charge in [-0.1, -0.05) is 35.9 Å². The molecule has 0 bridgehead atoms. The minimum atomic E-state index is -0.371. The molecule has 0 saturated carbocycles. The van der Waals surface area contributed by atoms with E-state index in [1.165, 1.54) is 12.1 Å². The summed E-state index contributed by atoms with van der Waals surface area (Å²) in [7, 11) is 0. The van der Waals surface area contributed by atoms with Gasteiger partial charge in [0.25, 0.3) is 11.5 Å². The summed E-state index contributed by atoms with van der Waals surface area (Å²) >= 11 is 6.08. The van der Waals surface area contributed by atoms with E-state index in [1.807, 2.05) is 37.3 Å². The molecule has 2 heterocycles. The molecule has 7 nitrogen and oxygen atoms in total. The second kappa shape index (κ2) is 8.73. The number of aryl methyl sites for hydroxylation is 2. The van der Waals surface area contributed by atoms with E-state index in [4.69, 9.17) is 11.6 Å². The third kappa shape index (κ3) is 4.51. The van der Waals surface area contributed by atoms with Crippen LogP contribution in [0.3, 0.4) is 0 Å². The van der Waals surface area contributed by atoms with Crippen molar-refractivity contribution in [2.45, 2.75) is 26.3 Å². The minimum Gasteiger partial charge on any atom is -0.326 e. The lowest BCUT2D eigenvalue weighted by Gasteiger charge is -2.17. The number of hydrogen-bond donors (Lipinski definition) is 1. The van der Waals surface area contributed by atoms with Crippen LogP contribution in [0.4, 0.5) is 11.4 Å². The molecule has 1 aliphatic rings. The highest BCUT2D eigenvalue weighted by Gasteiger charge is 2.26. The summed E-state index contributed by atoms with van der Waals surface area (Å²) in [6, 6.07) is 15.7. The maximum absolute atomic E-state index is 13.0. The Balaban J connectivity index is 1.44. The van der Waals surface area contributed by atoms with Crippen molar-refractivity contribution in [1.82, 2.24) is 9.78 Å². The molecule has 158 valence electrons. The van der Waals surface area contributed by atoms with Crippen LogP contribution in [0.1, 0.15) is 28.0 Å². The fourth-order valence-electron chi connectivity index (χ4n) is 3.51. The Kier molecular flexibility index (Phi) is 5.86. The number of carbonyl (C=O) groups is 2. The van der Waals surface area contributed by atoms with Crippen LogP contribution in [0.5, 0.6) is 0 Å². The average molecular weight is 437 g/mol. The van der Waals surface area contributed by atoms with Crippen LogP contribution in [-0.4, -0.2) is 28.1 Å². The molecular formula is C23H21ClN4O3. The normalized spacial score (nSPS) is 12.5. The summed E-state index contributed by atoms with van der Waals surface area (Å²) in [6.07, 6.45) is 0.813. The molecule has 4 rings (SSSR count). The van der Waals surface area contributed by atoms with Gasteiger partial charge in [-0.15, -0.1) is 0 Å². The number of carbonyl (C=O) groups excluding carboxylic acids is 2. The zero-order valence-corrected chi connectivity index (χ0v) is 17.7. The molecule has 0 spiro atoms. The number of anilines is 2. The molecule has 0 aliphatic carbocycles. The molecule has 0 radical (unpaired) electrons. The second-order valence-electron chi connectivity index (χ2n) is 7.38. The molecule has 3 aromatic rings. The van der Waals surface area contributed by atoms with Crippen LogP contribution in [-0.2, 0) is 17.8 Å². The fourth-order valence-corrected chi connectivity index (χ4v) is 3.69. The van der Waals surface area contributed by atoms with Gasteiger partial charge in [-0.05, 0) is 48.7 Å². The van der Waals surface area contributed by atoms with E-state index in [0.717, 1.165) is 27.9 Å². The molecule has 8 heteroatoms. The molecule has 0 saturated heterocycles. The monoisotopic (exact) mass is 436 g/mol. The van der Waals surface area contributed by atoms with E-state index in [0.29, 0.717) is 17.3 Å². The first-order valence-corrected chi connectivity index (χ1v) is 10.3. The SMILES string of the molecule is Cc1ccc(NC(=O)CCn2nc(C(=O)N3CCc4ccccc43)ccc2=O)cc1Cl. The average Bonchev–Trinajstić information content (AvgIpc) is 3.19. The summed E-state index contributed by atoms with van der Waals surface area (Å²) in [4.78, 5) is 39.1. The first-order valence-electron chi connectivity index (χ1n) is 9.96. The van der Waals surface area contributed by atoms with E-state index in [1.54, 1.807) is 17.0 Å². The molecule has 1 aliphatic heterocycles. The Hall–Kier alpha value is -3.45. The standard InChI is InChI=1S/C23H21ClN4O3/c1-15-6-7-17(14-18(15)24)25-21(29)11-13-28-22(30)9-8-19(26-28)23(31)27-12-10-16-4-2-3-5-20(16)27/h2-9,14H,10-13H2,1H3,(H,25,29). The van der Waals surface area contributed by atoms with Crippen molar-refractivity contribution in [3.05, 3.63) is 86.8 Å². The number of aromatic nitrogens is 2.